The van der Waals surface area contributed by atoms with Gasteiger partial charge < -0.3 is 19.9 Å². The molecule has 7 nitrogen and oxygen atoms in total. The van der Waals surface area contributed by atoms with Crippen molar-refractivity contribution in [1.29, 1.82) is 0 Å². The highest BCUT2D eigenvalue weighted by molar-refractivity contribution is 5.95. The molecule has 7 heteroatoms. The average molecular weight is 387 g/mol. The fourth-order valence-corrected chi connectivity index (χ4v) is 2.88. The molecule has 2 rings (SSSR count). The summed E-state index contributed by atoms with van der Waals surface area (Å²) in [4.78, 5) is 39.5. The van der Waals surface area contributed by atoms with Crippen molar-refractivity contribution in [3.63, 3.8) is 0 Å². The van der Waals surface area contributed by atoms with Gasteiger partial charge in [-0.15, -0.1) is 0 Å². The third-order valence-corrected chi connectivity index (χ3v) is 4.41. The number of nitrogens with zero attached hydrogens (tertiary/aromatic N) is 2. The largest absolute Gasteiger partial charge is 0.444 e. The Balaban J connectivity index is 1.89. The third kappa shape index (κ3) is 5.58. The Kier molecular flexibility index (Phi) is 6.83. The van der Waals surface area contributed by atoms with Gasteiger partial charge >= 0.3 is 6.09 Å². The molecule has 0 atom stereocenters. The van der Waals surface area contributed by atoms with E-state index in [1.54, 1.807) is 21.9 Å². The molecule has 0 bridgehead atoms. The molecule has 28 heavy (non-hydrogen) atoms. The number of ether oxygens (including phenoxy) is 1. The van der Waals surface area contributed by atoms with Crippen LogP contribution in [0.1, 0.15) is 43.6 Å². The van der Waals surface area contributed by atoms with Crippen molar-refractivity contribution in [1.82, 2.24) is 15.1 Å². The quantitative estimate of drug-likeness (QED) is 0.761. The monoisotopic (exact) mass is 387 g/mol. The molecule has 1 fully saturated rings. The zero-order chi connectivity index (χ0) is 20.9. The van der Waals surface area contributed by atoms with Gasteiger partial charge in [0.2, 0.25) is 5.91 Å². The van der Waals surface area contributed by atoms with E-state index in [-0.39, 0.29) is 23.9 Å². The Morgan fingerprint density at radius 1 is 1.25 bits per heavy atom. The smallest absolute Gasteiger partial charge is 0.410 e. The van der Waals surface area contributed by atoms with Crippen LogP contribution >= 0.6 is 0 Å². The van der Waals surface area contributed by atoms with E-state index in [0.29, 0.717) is 31.7 Å². The summed E-state index contributed by atoms with van der Waals surface area (Å²) in [5, 5.41) is 2.69. The summed E-state index contributed by atoms with van der Waals surface area (Å²) in [6.45, 7) is 12.7. The fourth-order valence-electron chi connectivity index (χ4n) is 2.88. The van der Waals surface area contributed by atoms with Gasteiger partial charge in [0.05, 0.1) is 6.04 Å². The number of nitrogens with one attached hydrogen (secondary N) is 1. The van der Waals surface area contributed by atoms with E-state index in [0.717, 1.165) is 5.56 Å². The van der Waals surface area contributed by atoms with Gasteiger partial charge in [0.1, 0.15) is 5.60 Å². The summed E-state index contributed by atoms with van der Waals surface area (Å²) in [7, 11) is 0. The van der Waals surface area contributed by atoms with E-state index in [2.05, 4.69) is 11.9 Å². The van der Waals surface area contributed by atoms with E-state index in [1.165, 1.54) is 6.08 Å². The molecule has 1 heterocycles. The molecule has 1 saturated heterocycles. The molecule has 1 aromatic rings. The summed E-state index contributed by atoms with van der Waals surface area (Å²) in [5.74, 6) is -0.310. The van der Waals surface area contributed by atoms with Crippen molar-refractivity contribution >= 4 is 17.9 Å². The minimum Gasteiger partial charge on any atom is -0.444 e. The van der Waals surface area contributed by atoms with Crippen molar-refractivity contribution in [2.45, 2.75) is 45.9 Å². The molecule has 1 N–H and O–H groups in total. The molecule has 1 aromatic carbocycles. The number of likely N-dealkylation sites (tertiary alicyclic amines) is 1. The topological polar surface area (TPSA) is 79.0 Å². The van der Waals surface area contributed by atoms with Crippen LogP contribution in [0.2, 0.25) is 0 Å². The zero-order valence-electron chi connectivity index (χ0n) is 17.0. The summed E-state index contributed by atoms with van der Waals surface area (Å²) in [6, 6.07) is 7.09. The van der Waals surface area contributed by atoms with Gasteiger partial charge in [0, 0.05) is 31.7 Å². The zero-order valence-corrected chi connectivity index (χ0v) is 17.0. The Labute approximate surface area is 166 Å². The predicted molar refractivity (Wildman–Crippen MR) is 107 cm³/mol. The van der Waals surface area contributed by atoms with Crippen LogP contribution in [0.5, 0.6) is 0 Å². The first-order chi connectivity index (χ1) is 13.1. The minimum absolute atomic E-state index is 0.0304. The summed E-state index contributed by atoms with van der Waals surface area (Å²) in [5.41, 5.74) is 0.935. The molecule has 0 radical (unpaired) electrons. The van der Waals surface area contributed by atoms with Crippen LogP contribution < -0.4 is 5.32 Å². The third-order valence-electron chi connectivity index (χ3n) is 4.41. The standard InChI is InChI=1S/C21H29N3O4/c1-6-18(25)22-12-15-8-10-16(11-9-15)19(26)23-13-17(14-23)24(7-2)20(27)28-21(3,4)5/h6,8-11,17H,1,7,12-14H2,2-5H3,(H,22,25). The van der Waals surface area contributed by atoms with Crippen LogP contribution in [-0.4, -0.2) is 59.0 Å². The van der Waals surface area contributed by atoms with Crippen LogP contribution in [0.15, 0.2) is 36.9 Å². The maximum absolute atomic E-state index is 12.6. The maximum atomic E-state index is 12.6. The number of amides is 3. The number of benzene rings is 1. The molecule has 152 valence electrons. The van der Waals surface area contributed by atoms with Gasteiger partial charge in [-0.3, -0.25) is 9.59 Å². The lowest BCUT2D eigenvalue weighted by Crippen LogP contribution is -2.62. The highest BCUT2D eigenvalue weighted by Crippen LogP contribution is 2.21. The van der Waals surface area contributed by atoms with Crippen LogP contribution in [0.3, 0.4) is 0 Å². The molecule has 0 saturated carbocycles. The number of likely N-dealkylation sites (N-methyl/N-ethyl adjacent to an activating group) is 1. The molecular weight excluding hydrogens is 358 g/mol. The normalized spacial score (nSPS) is 14.1. The van der Waals surface area contributed by atoms with Crippen molar-refractivity contribution in [2.75, 3.05) is 19.6 Å². The number of carbonyl (C=O) groups is 3. The van der Waals surface area contributed by atoms with E-state index < -0.39 is 5.60 Å². The maximum Gasteiger partial charge on any atom is 0.410 e. The Bertz CT molecular complexity index is 731. The van der Waals surface area contributed by atoms with Crippen molar-refractivity contribution in [2.24, 2.45) is 0 Å². The van der Waals surface area contributed by atoms with Crippen LogP contribution in [0.25, 0.3) is 0 Å². The van der Waals surface area contributed by atoms with E-state index >= 15 is 0 Å². The molecule has 1 aliphatic rings. The Morgan fingerprint density at radius 2 is 1.86 bits per heavy atom. The van der Waals surface area contributed by atoms with E-state index in [1.807, 2.05) is 39.8 Å². The predicted octanol–water partition coefficient (Wildman–Crippen LogP) is 2.57. The lowest BCUT2D eigenvalue weighted by Gasteiger charge is -2.45. The van der Waals surface area contributed by atoms with Crippen LogP contribution in [0, 0.1) is 0 Å². The van der Waals surface area contributed by atoms with Gasteiger partial charge in [0.25, 0.3) is 5.91 Å². The first-order valence-corrected chi connectivity index (χ1v) is 9.42. The minimum atomic E-state index is -0.545. The van der Waals surface area contributed by atoms with Gasteiger partial charge in [-0.25, -0.2) is 4.79 Å². The van der Waals surface area contributed by atoms with Crippen molar-refractivity contribution < 1.29 is 19.1 Å². The van der Waals surface area contributed by atoms with Crippen LogP contribution in [0.4, 0.5) is 4.79 Å². The van der Waals surface area contributed by atoms with Gasteiger partial charge in [0.15, 0.2) is 0 Å². The number of carbonyl (C=O) groups excluding carboxylic acids is 3. The highest BCUT2D eigenvalue weighted by Gasteiger charge is 2.38. The molecule has 3 amide bonds. The van der Waals surface area contributed by atoms with Crippen molar-refractivity contribution in [3.8, 4) is 0 Å². The SMILES string of the molecule is C=CC(=O)NCc1ccc(C(=O)N2CC(N(CC)C(=O)OC(C)(C)C)C2)cc1. The van der Waals surface area contributed by atoms with Gasteiger partial charge in [-0.2, -0.15) is 0 Å². The highest BCUT2D eigenvalue weighted by atomic mass is 16.6. The van der Waals surface area contributed by atoms with Gasteiger partial charge in [-0.05, 0) is 51.5 Å². The molecule has 0 spiro atoms. The molecular formula is C21H29N3O4. The summed E-state index contributed by atoms with van der Waals surface area (Å²) < 4.78 is 5.44. The Morgan fingerprint density at radius 3 is 2.36 bits per heavy atom. The second-order valence-corrected chi connectivity index (χ2v) is 7.75. The van der Waals surface area contributed by atoms with E-state index in [4.69, 9.17) is 4.74 Å². The second kappa shape index (κ2) is 8.91. The number of hydrogen-bond acceptors (Lipinski definition) is 4. The van der Waals surface area contributed by atoms with Crippen LogP contribution in [-0.2, 0) is 16.1 Å². The average Bonchev–Trinajstić information content (AvgIpc) is 2.60. The molecule has 0 aliphatic carbocycles. The van der Waals surface area contributed by atoms with Crippen molar-refractivity contribution in [3.05, 3.63) is 48.0 Å². The molecule has 1 aliphatic heterocycles. The lowest BCUT2D eigenvalue weighted by atomic mass is 10.0. The lowest BCUT2D eigenvalue weighted by molar-refractivity contribution is -0.116. The van der Waals surface area contributed by atoms with Gasteiger partial charge in [-0.1, -0.05) is 18.7 Å². The molecule has 0 unspecified atom stereocenters. The summed E-state index contributed by atoms with van der Waals surface area (Å²) in [6.07, 6.45) is 0.868. The second-order valence-electron chi connectivity index (χ2n) is 7.75. The first kappa shape index (κ1) is 21.5. The summed E-state index contributed by atoms with van der Waals surface area (Å²) >= 11 is 0. The first-order valence-electron chi connectivity index (χ1n) is 9.42. The Hall–Kier alpha value is -2.83. The number of hydrogen-bond donors (Lipinski definition) is 1. The number of rotatable bonds is 6. The fraction of sp³-hybridized carbons (Fsp3) is 0.476. The molecule has 0 aromatic heterocycles. The van der Waals surface area contributed by atoms with E-state index in [9.17, 15) is 14.4 Å².